The van der Waals surface area contributed by atoms with Gasteiger partial charge in [-0.2, -0.15) is 0 Å². The first-order chi connectivity index (χ1) is 16.9. The number of nitro benzene ring substituents is 1. The van der Waals surface area contributed by atoms with Crippen LogP contribution in [-0.2, 0) is 9.53 Å². The van der Waals surface area contributed by atoms with Crippen molar-refractivity contribution in [2.24, 2.45) is 0 Å². The predicted molar refractivity (Wildman–Crippen MR) is 134 cm³/mol. The van der Waals surface area contributed by atoms with Crippen molar-refractivity contribution in [3.05, 3.63) is 99.2 Å². The van der Waals surface area contributed by atoms with Gasteiger partial charge in [-0.3, -0.25) is 14.9 Å². The molecule has 180 valence electrons. The summed E-state index contributed by atoms with van der Waals surface area (Å²) >= 11 is 5.96. The summed E-state index contributed by atoms with van der Waals surface area (Å²) in [7, 11) is 1.57. The van der Waals surface area contributed by atoms with Gasteiger partial charge in [0.2, 0.25) is 5.91 Å². The number of aromatic nitrogens is 1. The summed E-state index contributed by atoms with van der Waals surface area (Å²) in [5.74, 6) is 0.696. The Morgan fingerprint density at radius 2 is 1.91 bits per heavy atom. The molecule has 4 rings (SSSR count). The van der Waals surface area contributed by atoms with Crippen molar-refractivity contribution in [2.45, 2.75) is 12.3 Å². The summed E-state index contributed by atoms with van der Waals surface area (Å²) in [6.07, 6.45) is 1.94. The third-order valence-electron chi connectivity index (χ3n) is 5.61. The Bertz CT molecular complexity index is 1340. The van der Waals surface area contributed by atoms with Gasteiger partial charge in [0.1, 0.15) is 11.5 Å². The van der Waals surface area contributed by atoms with Gasteiger partial charge in [0, 0.05) is 60.2 Å². The highest BCUT2D eigenvalue weighted by molar-refractivity contribution is 6.30. The minimum atomic E-state index is -0.427. The topological polar surface area (TPSA) is 106 Å². The van der Waals surface area contributed by atoms with Crippen LogP contribution in [0.5, 0.6) is 11.5 Å². The van der Waals surface area contributed by atoms with Gasteiger partial charge in [-0.05, 0) is 53.6 Å². The fourth-order valence-corrected chi connectivity index (χ4v) is 4.05. The van der Waals surface area contributed by atoms with Crippen LogP contribution in [0.15, 0.2) is 72.9 Å². The first-order valence-corrected chi connectivity index (χ1v) is 11.4. The van der Waals surface area contributed by atoms with E-state index >= 15 is 0 Å². The van der Waals surface area contributed by atoms with E-state index in [4.69, 9.17) is 21.1 Å². The fraction of sp³-hybridized carbons (Fsp3) is 0.192. The molecule has 35 heavy (non-hydrogen) atoms. The number of carbonyl (C=O) groups excluding carboxylic acids is 1. The third-order valence-corrected chi connectivity index (χ3v) is 5.86. The largest absolute Gasteiger partial charge is 0.457 e. The average molecular weight is 494 g/mol. The number of aromatic amines is 1. The highest BCUT2D eigenvalue weighted by Crippen LogP contribution is 2.36. The van der Waals surface area contributed by atoms with Crippen molar-refractivity contribution >= 4 is 34.1 Å². The lowest BCUT2D eigenvalue weighted by atomic mass is 9.87. The molecular weight excluding hydrogens is 470 g/mol. The number of rotatable bonds is 10. The van der Waals surface area contributed by atoms with E-state index < -0.39 is 4.92 Å². The number of hydrogen-bond acceptors (Lipinski definition) is 5. The van der Waals surface area contributed by atoms with Crippen LogP contribution in [0.2, 0.25) is 5.02 Å². The second kappa shape index (κ2) is 11.0. The standard InChI is InChI=1S/C26H24ClN3O5/c1-34-12-11-28-26(31)15-22(24-16-29-25-10-7-19(30(32)33)14-23(24)25)17-3-2-4-21(13-17)35-20-8-5-18(27)6-9-20/h2-10,13-14,16,22,29H,11-12,15H2,1H3,(H,28,31)/t22-/m1/s1. The van der Waals surface area contributed by atoms with E-state index in [2.05, 4.69) is 10.3 Å². The molecular formula is C26H24ClN3O5. The van der Waals surface area contributed by atoms with Gasteiger partial charge < -0.3 is 19.8 Å². The first-order valence-electron chi connectivity index (χ1n) is 11.0. The number of nitrogens with one attached hydrogen (secondary N) is 2. The number of fused-ring (bicyclic) bond motifs is 1. The van der Waals surface area contributed by atoms with Crippen molar-refractivity contribution in [1.29, 1.82) is 0 Å². The van der Waals surface area contributed by atoms with E-state index in [0.717, 1.165) is 16.6 Å². The van der Waals surface area contributed by atoms with E-state index in [9.17, 15) is 14.9 Å². The zero-order valence-electron chi connectivity index (χ0n) is 19.0. The zero-order chi connectivity index (χ0) is 24.8. The van der Waals surface area contributed by atoms with Crippen molar-refractivity contribution in [2.75, 3.05) is 20.3 Å². The van der Waals surface area contributed by atoms with Crippen molar-refractivity contribution in [3.8, 4) is 11.5 Å². The molecule has 0 fully saturated rings. The molecule has 8 nitrogen and oxygen atoms in total. The Labute approximate surface area is 207 Å². The summed E-state index contributed by atoms with van der Waals surface area (Å²) in [6.45, 7) is 0.793. The maximum absolute atomic E-state index is 12.8. The van der Waals surface area contributed by atoms with Crippen LogP contribution in [0.1, 0.15) is 23.5 Å². The third kappa shape index (κ3) is 5.98. The number of amides is 1. The number of ether oxygens (including phenoxy) is 2. The number of H-pyrrole nitrogens is 1. The SMILES string of the molecule is COCCNC(=O)C[C@H](c1cccc(Oc2ccc(Cl)cc2)c1)c1c[nH]c2ccc([N+](=O)[O-])cc12. The van der Waals surface area contributed by atoms with Crippen LogP contribution in [-0.4, -0.2) is 36.1 Å². The van der Waals surface area contributed by atoms with Crippen LogP contribution < -0.4 is 10.1 Å². The fourth-order valence-electron chi connectivity index (χ4n) is 3.92. The van der Waals surface area contributed by atoms with E-state index in [0.29, 0.717) is 35.1 Å². The lowest BCUT2D eigenvalue weighted by Crippen LogP contribution is -2.28. The first kappa shape index (κ1) is 24.3. The molecule has 0 saturated carbocycles. The molecule has 0 radical (unpaired) electrons. The molecule has 0 aliphatic carbocycles. The lowest BCUT2D eigenvalue weighted by Gasteiger charge is -2.18. The summed E-state index contributed by atoms with van der Waals surface area (Å²) in [6, 6.07) is 19.2. The van der Waals surface area contributed by atoms with E-state index in [-0.39, 0.29) is 23.9 Å². The lowest BCUT2D eigenvalue weighted by molar-refractivity contribution is -0.384. The van der Waals surface area contributed by atoms with E-state index in [1.165, 1.54) is 12.1 Å². The number of hydrogen-bond donors (Lipinski definition) is 2. The number of non-ortho nitro benzene ring substituents is 1. The Hall–Kier alpha value is -3.88. The summed E-state index contributed by atoms with van der Waals surface area (Å²) in [5, 5.41) is 15.5. The molecule has 4 aromatic rings. The minimum absolute atomic E-state index is 0.0125. The predicted octanol–water partition coefficient (Wildman–Crippen LogP) is 5.81. The Morgan fingerprint density at radius 3 is 2.66 bits per heavy atom. The normalized spacial score (nSPS) is 11.8. The van der Waals surface area contributed by atoms with Crippen LogP contribution in [0, 0.1) is 10.1 Å². The van der Waals surface area contributed by atoms with Gasteiger partial charge in [0.15, 0.2) is 0 Å². The second-order valence-corrected chi connectivity index (χ2v) is 8.40. The van der Waals surface area contributed by atoms with Crippen LogP contribution in [0.3, 0.4) is 0 Å². The Morgan fingerprint density at radius 1 is 1.11 bits per heavy atom. The molecule has 2 N–H and O–H groups in total. The highest BCUT2D eigenvalue weighted by Gasteiger charge is 2.23. The summed E-state index contributed by atoms with van der Waals surface area (Å²) < 4.78 is 11.0. The minimum Gasteiger partial charge on any atom is -0.457 e. The van der Waals surface area contributed by atoms with E-state index in [1.807, 2.05) is 24.3 Å². The number of nitrogens with zero attached hydrogens (tertiary/aromatic N) is 1. The molecule has 1 atom stereocenters. The molecule has 0 saturated heterocycles. The molecule has 0 unspecified atom stereocenters. The summed E-state index contributed by atoms with van der Waals surface area (Å²) in [5.41, 5.74) is 2.37. The smallest absolute Gasteiger partial charge is 0.270 e. The van der Waals surface area contributed by atoms with Gasteiger partial charge in [0.05, 0.1) is 11.5 Å². The maximum atomic E-state index is 12.8. The molecule has 3 aromatic carbocycles. The van der Waals surface area contributed by atoms with Gasteiger partial charge in [0.25, 0.3) is 5.69 Å². The number of benzene rings is 3. The molecule has 0 aliphatic heterocycles. The number of methoxy groups -OCH3 is 1. The molecule has 1 aromatic heterocycles. The van der Waals surface area contributed by atoms with Crippen LogP contribution in [0.4, 0.5) is 5.69 Å². The summed E-state index contributed by atoms with van der Waals surface area (Å²) in [4.78, 5) is 26.9. The second-order valence-electron chi connectivity index (χ2n) is 7.96. The van der Waals surface area contributed by atoms with Gasteiger partial charge >= 0.3 is 0 Å². The van der Waals surface area contributed by atoms with Gasteiger partial charge in [-0.1, -0.05) is 23.7 Å². The van der Waals surface area contributed by atoms with Crippen LogP contribution in [0.25, 0.3) is 10.9 Å². The molecule has 1 heterocycles. The monoisotopic (exact) mass is 493 g/mol. The molecule has 0 spiro atoms. The number of halogens is 1. The van der Waals surface area contributed by atoms with E-state index in [1.54, 1.807) is 43.6 Å². The molecule has 0 bridgehead atoms. The van der Waals surface area contributed by atoms with Crippen molar-refractivity contribution < 1.29 is 19.2 Å². The maximum Gasteiger partial charge on any atom is 0.270 e. The Balaban J connectivity index is 1.70. The quantitative estimate of drug-likeness (QED) is 0.165. The average Bonchev–Trinajstić information content (AvgIpc) is 3.27. The number of nitro groups is 1. The molecule has 1 amide bonds. The number of carbonyl (C=O) groups is 1. The van der Waals surface area contributed by atoms with Gasteiger partial charge in [-0.25, -0.2) is 0 Å². The highest BCUT2D eigenvalue weighted by atomic mass is 35.5. The van der Waals surface area contributed by atoms with Crippen molar-refractivity contribution in [1.82, 2.24) is 10.3 Å². The molecule has 0 aliphatic rings. The molecule has 9 heteroatoms. The Kier molecular flexibility index (Phi) is 7.64. The van der Waals surface area contributed by atoms with Gasteiger partial charge in [-0.15, -0.1) is 0 Å². The van der Waals surface area contributed by atoms with Crippen LogP contribution >= 0.6 is 11.6 Å². The van der Waals surface area contributed by atoms with Crippen molar-refractivity contribution in [3.63, 3.8) is 0 Å². The zero-order valence-corrected chi connectivity index (χ0v) is 19.7.